The van der Waals surface area contributed by atoms with Gasteiger partial charge in [-0.15, -0.1) is 11.8 Å². The summed E-state index contributed by atoms with van der Waals surface area (Å²) in [4.78, 5) is 12.9. The molecule has 0 atom stereocenters. The molecule has 0 saturated heterocycles. The summed E-state index contributed by atoms with van der Waals surface area (Å²) in [5.41, 5.74) is 1.21. The highest BCUT2D eigenvalue weighted by atomic mass is 79.9. The lowest BCUT2D eigenvalue weighted by molar-refractivity contribution is 0.262. The predicted octanol–water partition coefficient (Wildman–Crippen LogP) is 4.95. The molecule has 104 valence electrons. The third-order valence-electron chi connectivity index (χ3n) is 2.51. The van der Waals surface area contributed by atoms with Crippen LogP contribution < -0.4 is 10.6 Å². The molecule has 0 spiro atoms. The van der Waals surface area contributed by atoms with Crippen LogP contribution >= 0.6 is 27.7 Å². The Bertz CT molecular complexity index is 636. The molecule has 2 aromatic carbocycles. The van der Waals surface area contributed by atoms with Crippen molar-refractivity contribution in [2.45, 2.75) is 4.90 Å². The first-order chi connectivity index (χ1) is 9.58. The number of halogens is 2. The van der Waals surface area contributed by atoms with Crippen LogP contribution in [0.15, 0.2) is 51.8 Å². The van der Waals surface area contributed by atoms with E-state index < -0.39 is 0 Å². The second-order valence-corrected chi connectivity index (χ2v) is 5.67. The minimum Gasteiger partial charge on any atom is -0.308 e. The highest BCUT2D eigenvalue weighted by molar-refractivity contribution is 9.10. The molecule has 2 amide bonds. The molecule has 0 saturated carbocycles. The Labute approximate surface area is 129 Å². The fourth-order valence-corrected chi connectivity index (χ4v) is 2.49. The van der Waals surface area contributed by atoms with Crippen LogP contribution in [0, 0.1) is 5.82 Å². The molecule has 0 aromatic heterocycles. The lowest BCUT2D eigenvalue weighted by atomic mass is 10.3. The van der Waals surface area contributed by atoms with E-state index in [2.05, 4.69) is 26.6 Å². The first-order valence-electron chi connectivity index (χ1n) is 5.75. The standard InChI is InChI=1S/C14H12BrFN2OS/c1-20-11-4-2-3-10(8-11)17-14(19)18-13-6-5-9(16)7-12(13)15/h2-8H,1H3,(H2,17,18,19). The van der Waals surface area contributed by atoms with E-state index in [-0.39, 0.29) is 11.8 Å². The highest BCUT2D eigenvalue weighted by Crippen LogP contribution is 2.23. The van der Waals surface area contributed by atoms with E-state index >= 15 is 0 Å². The first-order valence-corrected chi connectivity index (χ1v) is 7.77. The van der Waals surface area contributed by atoms with Crippen molar-refractivity contribution >= 4 is 45.1 Å². The molecule has 6 heteroatoms. The number of benzene rings is 2. The van der Waals surface area contributed by atoms with E-state index in [0.717, 1.165) is 4.90 Å². The van der Waals surface area contributed by atoms with Gasteiger partial charge in [-0.1, -0.05) is 6.07 Å². The lowest BCUT2D eigenvalue weighted by Gasteiger charge is -2.09. The van der Waals surface area contributed by atoms with Crippen molar-refractivity contribution in [2.24, 2.45) is 0 Å². The fourth-order valence-electron chi connectivity index (χ4n) is 1.58. The van der Waals surface area contributed by atoms with E-state index in [9.17, 15) is 9.18 Å². The number of hydrogen-bond donors (Lipinski definition) is 2. The summed E-state index contributed by atoms with van der Waals surface area (Å²) in [5.74, 6) is -0.365. The van der Waals surface area contributed by atoms with Gasteiger partial charge in [-0.2, -0.15) is 0 Å². The first kappa shape index (κ1) is 14.9. The van der Waals surface area contributed by atoms with Crippen LogP contribution in [-0.2, 0) is 0 Å². The smallest absolute Gasteiger partial charge is 0.308 e. The Kier molecular flexibility index (Phi) is 5.03. The van der Waals surface area contributed by atoms with Gasteiger partial charge in [0.15, 0.2) is 0 Å². The van der Waals surface area contributed by atoms with Gasteiger partial charge in [0.1, 0.15) is 5.82 Å². The van der Waals surface area contributed by atoms with Crippen molar-refractivity contribution in [2.75, 3.05) is 16.9 Å². The second kappa shape index (κ2) is 6.76. The molecule has 3 nitrogen and oxygen atoms in total. The van der Waals surface area contributed by atoms with Crippen molar-refractivity contribution in [3.05, 3.63) is 52.8 Å². The molecule has 0 bridgehead atoms. The average Bonchev–Trinajstić information content (AvgIpc) is 2.42. The molecule has 0 aliphatic carbocycles. The number of carbonyl (C=O) groups excluding carboxylic acids is 1. The van der Waals surface area contributed by atoms with Crippen molar-refractivity contribution in [3.63, 3.8) is 0 Å². The van der Waals surface area contributed by atoms with Gasteiger partial charge in [0.05, 0.1) is 5.69 Å². The fraction of sp³-hybridized carbons (Fsp3) is 0.0714. The molecule has 0 aliphatic rings. The predicted molar refractivity (Wildman–Crippen MR) is 85.0 cm³/mol. The van der Waals surface area contributed by atoms with Crippen LogP contribution in [-0.4, -0.2) is 12.3 Å². The van der Waals surface area contributed by atoms with Gasteiger partial charge in [0.25, 0.3) is 0 Å². The van der Waals surface area contributed by atoms with Crippen molar-refractivity contribution < 1.29 is 9.18 Å². The Morgan fingerprint density at radius 3 is 2.70 bits per heavy atom. The number of hydrogen-bond acceptors (Lipinski definition) is 2. The molecule has 0 aliphatic heterocycles. The van der Waals surface area contributed by atoms with Gasteiger partial charge in [-0.25, -0.2) is 9.18 Å². The summed E-state index contributed by atoms with van der Waals surface area (Å²) < 4.78 is 13.4. The number of anilines is 2. The molecular formula is C14H12BrFN2OS. The number of urea groups is 1. The number of carbonyl (C=O) groups is 1. The number of rotatable bonds is 3. The number of nitrogens with one attached hydrogen (secondary N) is 2. The maximum Gasteiger partial charge on any atom is 0.323 e. The largest absolute Gasteiger partial charge is 0.323 e. The Morgan fingerprint density at radius 2 is 2.00 bits per heavy atom. The quantitative estimate of drug-likeness (QED) is 0.765. The van der Waals surface area contributed by atoms with E-state index in [0.29, 0.717) is 15.8 Å². The topological polar surface area (TPSA) is 41.1 Å². The monoisotopic (exact) mass is 354 g/mol. The van der Waals surface area contributed by atoms with Gasteiger partial charge in [0.2, 0.25) is 0 Å². The van der Waals surface area contributed by atoms with E-state index in [4.69, 9.17) is 0 Å². The van der Waals surface area contributed by atoms with Crippen molar-refractivity contribution in [1.82, 2.24) is 0 Å². The van der Waals surface area contributed by atoms with Gasteiger partial charge >= 0.3 is 6.03 Å². The molecule has 2 rings (SSSR count). The Hall–Kier alpha value is -1.53. The third-order valence-corrected chi connectivity index (χ3v) is 3.89. The summed E-state index contributed by atoms with van der Waals surface area (Å²) in [6.07, 6.45) is 1.97. The maximum atomic E-state index is 13.0. The molecular weight excluding hydrogens is 343 g/mol. The molecule has 0 fully saturated rings. The summed E-state index contributed by atoms with van der Waals surface area (Å²) in [7, 11) is 0. The minimum absolute atomic E-state index is 0.365. The second-order valence-electron chi connectivity index (χ2n) is 3.94. The average molecular weight is 355 g/mol. The minimum atomic E-state index is -0.379. The normalized spacial score (nSPS) is 10.2. The number of amides is 2. The molecule has 0 radical (unpaired) electrons. The van der Waals surface area contributed by atoms with Gasteiger partial charge < -0.3 is 10.6 Å². The van der Waals surface area contributed by atoms with Crippen LogP contribution in [0.5, 0.6) is 0 Å². The van der Waals surface area contributed by atoms with Crippen LogP contribution in [0.2, 0.25) is 0 Å². The van der Waals surface area contributed by atoms with E-state index in [1.807, 2.05) is 24.5 Å². The molecule has 2 N–H and O–H groups in total. The van der Waals surface area contributed by atoms with Gasteiger partial charge in [-0.05, 0) is 58.6 Å². The molecule has 0 heterocycles. The van der Waals surface area contributed by atoms with E-state index in [1.165, 1.54) is 18.2 Å². The Balaban J connectivity index is 2.05. The maximum absolute atomic E-state index is 13.0. The Morgan fingerprint density at radius 1 is 1.20 bits per heavy atom. The summed E-state index contributed by atoms with van der Waals surface area (Å²) >= 11 is 4.80. The van der Waals surface area contributed by atoms with Crippen LogP contribution in [0.1, 0.15) is 0 Å². The molecule has 20 heavy (non-hydrogen) atoms. The summed E-state index contributed by atoms with van der Waals surface area (Å²) in [6, 6.07) is 11.2. The number of thioether (sulfide) groups is 1. The zero-order chi connectivity index (χ0) is 14.5. The van der Waals surface area contributed by atoms with Crippen molar-refractivity contribution in [1.29, 1.82) is 0 Å². The lowest BCUT2D eigenvalue weighted by Crippen LogP contribution is -2.19. The summed E-state index contributed by atoms with van der Waals surface area (Å²) in [6.45, 7) is 0. The zero-order valence-corrected chi connectivity index (χ0v) is 13.0. The molecule has 2 aromatic rings. The van der Waals surface area contributed by atoms with E-state index in [1.54, 1.807) is 17.8 Å². The van der Waals surface area contributed by atoms with Crippen molar-refractivity contribution in [3.8, 4) is 0 Å². The SMILES string of the molecule is CSc1cccc(NC(=O)Nc2ccc(F)cc2Br)c1. The highest BCUT2D eigenvalue weighted by Gasteiger charge is 2.07. The van der Waals surface area contributed by atoms with Crippen LogP contribution in [0.25, 0.3) is 0 Å². The van der Waals surface area contributed by atoms with Gasteiger partial charge in [-0.3, -0.25) is 0 Å². The van der Waals surface area contributed by atoms with Crippen LogP contribution in [0.4, 0.5) is 20.6 Å². The third kappa shape index (κ3) is 3.98. The van der Waals surface area contributed by atoms with Gasteiger partial charge in [0, 0.05) is 15.1 Å². The summed E-state index contributed by atoms with van der Waals surface area (Å²) in [5, 5.41) is 5.38. The molecule has 0 unspecified atom stereocenters. The van der Waals surface area contributed by atoms with Crippen LogP contribution in [0.3, 0.4) is 0 Å². The zero-order valence-electron chi connectivity index (χ0n) is 10.6.